The van der Waals surface area contributed by atoms with Crippen LogP contribution in [-0.4, -0.2) is 22.8 Å². The average molecular weight is 392 g/mol. The number of aliphatic imine (C=N–C) groups is 1. The van der Waals surface area contributed by atoms with Gasteiger partial charge in [-0.05, 0) is 61.5 Å². The van der Waals surface area contributed by atoms with Crippen molar-refractivity contribution in [2.75, 3.05) is 7.11 Å². The number of H-pyrrole nitrogens is 2. The molecule has 3 heterocycles. The van der Waals surface area contributed by atoms with E-state index in [4.69, 9.17) is 9.73 Å². The van der Waals surface area contributed by atoms with Gasteiger partial charge in [0.05, 0.1) is 29.9 Å². The van der Waals surface area contributed by atoms with Crippen molar-refractivity contribution in [3.8, 4) is 17.1 Å². The van der Waals surface area contributed by atoms with Gasteiger partial charge in [-0.25, -0.2) is 0 Å². The van der Waals surface area contributed by atoms with E-state index in [9.17, 15) is 0 Å². The molecule has 1 unspecified atom stereocenters. The smallest absolute Gasteiger partial charge is 0.144 e. The fourth-order valence-corrected chi connectivity index (χ4v) is 4.54. The maximum Gasteiger partial charge on any atom is 0.144 e. The predicted molar refractivity (Wildman–Crippen MR) is 121 cm³/mol. The van der Waals surface area contributed by atoms with Crippen molar-refractivity contribution in [2.45, 2.75) is 64.7 Å². The number of aromatic amines is 2. The molecule has 2 aliphatic rings. The second-order valence-corrected chi connectivity index (χ2v) is 8.27. The van der Waals surface area contributed by atoms with Gasteiger partial charge in [0.25, 0.3) is 0 Å². The van der Waals surface area contributed by atoms with Crippen molar-refractivity contribution in [2.24, 2.45) is 10.9 Å². The number of allylic oxidation sites excluding steroid dienone is 2. The normalized spacial score (nSPS) is 21.2. The number of aromatic nitrogens is 2. The lowest BCUT2D eigenvalue weighted by atomic mass is 9.85. The number of nitrogens with zero attached hydrogens (tertiary/aromatic N) is 1. The Hall–Kier alpha value is -2.49. The Bertz CT molecular complexity index is 899. The maximum atomic E-state index is 5.67. The van der Waals surface area contributed by atoms with E-state index in [2.05, 4.69) is 41.2 Å². The van der Waals surface area contributed by atoms with Crippen LogP contribution in [0.1, 0.15) is 70.4 Å². The third kappa shape index (κ3) is 4.58. The quantitative estimate of drug-likeness (QED) is 0.553. The number of hydrogen-bond donors (Lipinski definition) is 2. The van der Waals surface area contributed by atoms with Gasteiger partial charge in [0.1, 0.15) is 5.75 Å². The van der Waals surface area contributed by atoms with E-state index in [0.29, 0.717) is 5.92 Å². The number of nitrogens with one attached hydrogen (secondary N) is 2. The molecule has 0 saturated carbocycles. The van der Waals surface area contributed by atoms with Crippen LogP contribution in [0.2, 0.25) is 0 Å². The van der Waals surface area contributed by atoms with Crippen LogP contribution in [0.25, 0.3) is 17.5 Å². The second kappa shape index (κ2) is 9.34. The first-order chi connectivity index (χ1) is 14.3. The van der Waals surface area contributed by atoms with Gasteiger partial charge in [0, 0.05) is 18.0 Å². The van der Waals surface area contributed by atoms with E-state index in [1.807, 2.05) is 12.3 Å². The van der Waals surface area contributed by atoms with Crippen LogP contribution in [0.5, 0.6) is 5.75 Å². The second-order valence-electron chi connectivity index (χ2n) is 8.27. The van der Waals surface area contributed by atoms with E-state index in [0.717, 1.165) is 34.9 Å². The maximum absolute atomic E-state index is 5.67. The summed E-state index contributed by atoms with van der Waals surface area (Å²) >= 11 is 0. The lowest BCUT2D eigenvalue weighted by Crippen LogP contribution is -2.06. The van der Waals surface area contributed by atoms with Crippen molar-refractivity contribution in [1.29, 1.82) is 0 Å². The number of hydrogen-bond acceptors (Lipinski definition) is 2. The molecule has 29 heavy (non-hydrogen) atoms. The number of rotatable bonds is 6. The Labute approximate surface area is 174 Å². The fraction of sp³-hybridized carbons (Fsp3) is 0.480. The van der Waals surface area contributed by atoms with Crippen LogP contribution < -0.4 is 4.74 Å². The fourth-order valence-electron chi connectivity index (χ4n) is 4.54. The van der Waals surface area contributed by atoms with Crippen molar-refractivity contribution in [3.63, 3.8) is 0 Å². The lowest BCUT2D eigenvalue weighted by molar-refractivity contribution is 0.414. The number of unbranched alkanes of at least 4 members (excludes halogenated alkanes) is 1. The summed E-state index contributed by atoms with van der Waals surface area (Å²) in [5.74, 6) is 1.48. The van der Waals surface area contributed by atoms with Crippen LogP contribution in [0.15, 0.2) is 46.7 Å². The van der Waals surface area contributed by atoms with Gasteiger partial charge in [-0.15, -0.1) is 0 Å². The van der Waals surface area contributed by atoms with E-state index in [-0.39, 0.29) is 0 Å². The minimum atomic E-state index is 0.615. The Kier molecular flexibility index (Phi) is 6.38. The molecule has 0 radical (unpaired) electrons. The summed E-state index contributed by atoms with van der Waals surface area (Å²) in [4.78, 5) is 11.8. The van der Waals surface area contributed by atoms with Gasteiger partial charge >= 0.3 is 0 Å². The summed E-state index contributed by atoms with van der Waals surface area (Å²) < 4.78 is 5.67. The highest BCUT2D eigenvalue weighted by molar-refractivity contribution is 6.00. The van der Waals surface area contributed by atoms with Crippen molar-refractivity contribution >= 4 is 11.8 Å². The molecule has 1 atom stereocenters. The molecule has 2 bridgehead atoms. The zero-order chi connectivity index (χ0) is 20.1. The van der Waals surface area contributed by atoms with Crippen LogP contribution in [0.3, 0.4) is 0 Å². The Morgan fingerprint density at radius 2 is 2.10 bits per heavy atom. The van der Waals surface area contributed by atoms with E-state index >= 15 is 0 Å². The van der Waals surface area contributed by atoms with E-state index in [1.165, 1.54) is 62.7 Å². The molecule has 0 amide bonds. The molecule has 154 valence electrons. The van der Waals surface area contributed by atoms with Crippen LogP contribution >= 0.6 is 0 Å². The summed E-state index contributed by atoms with van der Waals surface area (Å²) in [6.07, 6.45) is 18.0. The molecule has 0 fully saturated rings. The Morgan fingerprint density at radius 1 is 1.21 bits per heavy atom. The summed E-state index contributed by atoms with van der Waals surface area (Å²) in [7, 11) is 1.73. The number of ether oxygens (including phenoxy) is 1. The molecule has 0 aromatic carbocycles. The van der Waals surface area contributed by atoms with Gasteiger partial charge in [0.2, 0.25) is 0 Å². The molecule has 1 aliphatic heterocycles. The van der Waals surface area contributed by atoms with E-state index in [1.54, 1.807) is 7.11 Å². The summed E-state index contributed by atoms with van der Waals surface area (Å²) in [5, 5.41) is 0. The third-order valence-corrected chi connectivity index (χ3v) is 6.16. The Morgan fingerprint density at radius 3 is 2.90 bits per heavy atom. The third-order valence-electron chi connectivity index (χ3n) is 6.16. The van der Waals surface area contributed by atoms with Crippen molar-refractivity contribution < 1.29 is 4.74 Å². The SMILES string of the molecule is CCCCC1CCCCCCC2=NC(=Cc3[nH]c(-c4ccc[nH]4)cc3OC)C1=C2. The molecule has 4 rings (SSSR count). The molecule has 2 aromatic heterocycles. The minimum Gasteiger partial charge on any atom is -0.494 e. The molecular weight excluding hydrogens is 358 g/mol. The molecule has 2 N–H and O–H groups in total. The highest BCUT2D eigenvalue weighted by Crippen LogP contribution is 2.37. The number of fused-ring (bicyclic) bond motifs is 1. The largest absolute Gasteiger partial charge is 0.494 e. The van der Waals surface area contributed by atoms with Gasteiger partial charge in [-0.2, -0.15) is 0 Å². The van der Waals surface area contributed by atoms with E-state index < -0.39 is 0 Å². The molecule has 4 heteroatoms. The zero-order valence-electron chi connectivity index (χ0n) is 17.8. The van der Waals surface area contributed by atoms with Gasteiger partial charge < -0.3 is 14.7 Å². The van der Waals surface area contributed by atoms with Gasteiger partial charge in [-0.3, -0.25) is 4.99 Å². The summed E-state index contributed by atoms with van der Waals surface area (Å²) in [5.41, 5.74) is 6.91. The highest BCUT2D eigenvalue weighted by atomic mass is 16.5. The molecule has 0 spiro atoms. The lowest BCUT2D eigenvalue weighted by Gasteiger charge is -2.19. The molecule has 4 nitrogen and oxygen atoms in total. The first-order valence-corrected chi connectivity index (χ1v) is 11.2. The minimum absolute atomic E-state index is 0.615. The first kappa shape index (κ1) is 19.8. The molecular formula is C25H33N3O. The predicted octanol–water partition coefficient (Wildman–Crippen LogP) is 6.90. The summed E-state index contributed by atoms with van der Waals surface area (Å²) in [6.45, 7) is 2.29. The standard InChI is InChI=1S/C25H33N3O/c1-3-4-10-18-11-7-5-6-8-12-19-15-20(18)22(27-19)16-24-25(29-2)17-23(28-24)21-13-9-14-26-21/h9,13-18,26,28H,3-8,10-12H2,1-2H3. The van der Waals surface area contributed by atoms with Gasteiger partial charge in [-0.1, -0.05) is 39.0 Å². The molecule has 2 aromatic rings. The van der Waals surface area contributed by atoms with Gasteiger partial charge in [0.15, 0.2) is 0 Å². The van der Waals surface area contributed by atoms with Crippen molar-refractivity contribution in [3.05, 3.63) is 47.4 Å². The first-order valence-electron chi connectivity index (χ1n) is 11.2. The average Bonchev–Trinajstić information content (AvgIpc) is 3.47. The van der Waals surface area contributed by atoms with Crippen LogP contribution in [0.4, 0.5) is 0 Å². The van der Waals surface area contributed by atoms with Crippen LogP contribution in [0, 0.1) is 5.92 Å². The molecule has 1 aliphatic carbocycles. The summed E-state index contributed by atoms with van der Waals surface area (Å²) in [6, 6.07) is 6.13. The van der Waals surface area contributed by atoms with Crippen LogP contribution in [-0.2, 0) is 0 Å². The topological polar surface area (TPSA) is 53.2 Å². The Balaban J connectivity index is 1.68. The zero-order valence-corrected chi connectivity index (χ0v) is 17.8. The monoisotopic (exact) mass is 391 g/mol. The highest BCUT2D eigenvalue weighted by Gasteiger charge is 2.24. The molecule has 0 saturated heterocycles. The van der Waals surface area contributed by atoms with Crippen molar-refractivity contribution in [1.82, 2.24) is 9.97 Å². The number of methoxy groups -OCH3 is 1.